The van der Waals surface area contributed by atoms with E-state index in [4.69, 9.17) is 0 Å². The molecule has 108 heavy (non-hydrogen) atoms. The Balaban J connectivity index is 0.926. The molecule has 0 amide bonds. The van der Waals surface area contributed by atoms with Crippen molar-refractivity contribution in [2.75, 3.05) is 9.80 Å². The predicted octanol–water partition coefficient (Wildman–Crippen LogP) is 24.1. The number of rotatable bonds is 9. The lowest BCUT2D eigenvalue weighted by atomic mass is 9.33. The standard InChI is InChI=1S/C100H72BN7/c1-99(2,3)69-44-51-92-81(57-69)82-58-70(100(4,5)6)45-52-93(82)105(92)72-47-49-84-95(60-72)108(86-36-20-14-30-74(86)65-27-11-8-12-28-65)97-56-68(79-59-71(46-42-67(79)62-103)104-87-37-21-15-31-75(87)76-32-16-22-38-88(76)104)55-96-98(97)101(84)83-48-43-66(54-94(83)107(96)85-35-19-13-29-73(85)64-25-9-7-10-26-64)80-53-63(61-102)41-50-91(80)106-89-39-23-17-33-77(89)78-34-18-24-40-90(78)106/h7-60H,1-6H3. The van der Waals surface area contributed by atoms with Gasteiger partial charge in [-0.15, -0.1) is 0 Å². The zero-order chi connectivity index (χ0) is 72.8. The Bertz CT molecular complexity index is 6700. The average molecular weight is 1380 g/mol. The topological polar surface area (TPSA) is 68.8 Å². The first kappa shape index (κ1) is 64.0. The van der Waals surface area contributed by atoms with Gasteiger partial charge >= 0.3 is 0 Å². The summed E-state index contributed by atoms with van der Waals surface area (Å²) in [5.41, 5.74) is 30.3. The van der Waals surface area contributed by atoms with Gasteiger partial charge in [0.15, 0.2) is 0 Å². The van der Waals surface area contributed by atoms with Gasteiger partial charge in [-0.1, -0.05) is 242 Å². The molecule has 20 rings (SSSR count). The molecule has 0 atom stereocenters. The van der Waals surface area contributed by atoms with Crippen LogP contribution in [0.2, 0.25) is 0 Å². The van der Waals surface area contributed by atoms with E-state index in [0.717, 1.165) is 167 Å². The summed E-state index contributed by atoms with van der Waals surface area (Å²) in [4.78, 5) is 5.08. The highest BCUT2D eigenvalue weighted by atomic mass is 15.2. The minimum Gasteiger partial charge on any atom is -0.311 e. The summed E-state index contributed by atoms with van der Waals surface area (Å²) in [6.07, 6.45) is 0. The fourth-order valence-electron chi connectivity index (χ4n) is 17.7. The molecule has 0 N–H and O–H groups in total. The molecule has 2 aliphatic rings. The van der Waals surface area contributed by atoms with Crippen LogP contribution in [0.5, 0.6) is 0 Å². The molecule has 2 aliphatic heterocycles. The molecule has 5 heterocycles. The Morgan fingerprint density at radius 3 is 1.19 bits per heavy atom. The Labute approximate surface area is 628 Å². The van der Waals surface area contributed by atoms with Crippen LogP contribution in [0.1, 0.15) is 63.8 Å². The van der Waals surface area contributed by atoms with Gasteiger partial charge in [-0.2, -0.15) is 10.5 Å². The van der Waals surface area contributed by atoms with E-state index in [-0.39, 0.29) is 17.5 Å². The highest BCUT2D eigenvalue weighted by molar-refractivity contribution is 7.00. The van der Waals surface area contributed by atoms with Crippen molar-refractivity contribution in [3.05, 3.63) is 350 Å². The third-order valence-corrected chi connectivity index (χ3v) is 22.8. The number of hydrogen-bond donors (Lipinski definition) is 0. The van der Waals surface area contributed by atoms with Crippen molar-refractivity contribution in [1.29, 1.82) is 10.5 Å². The molecule has 18 aromatic rings. The molecule has 0 fully saturated rings. The SMILES string of the molecule is CC(C)(C)c1ccc2c(c1)c1cc(C(C)(C)C)ccc1n2-c1ccc2c(c1)N(c1ccccc1-c1ccccc1)c1cc(-c3cc(-n4c5ccccc5c5ccccc54)ccc3C#N)cc3c1B2c1ccc(-c2cc(C#N)ccc2-n2c4ccccc4c4ccccc42)cc1N3c1ccccc1-c1ccccc1. The maximum Gasteiger partial charge on any atom is 0.252 e. The maximum absolute atomic E-state index is 11.8. The molecule has 0 saturated heterocycles. The lowest BCUT2D eigenvalue weighted by molar-refractivity contribution is 0.590. The lowest BCUT2D eigenvalue weighted by Gasteiger charge is -2.45. The second-order valence-corrected chi connectivity index (χ2v) is 31.0. The van der Waals surface area contributed by atoms with E-state index in [9.17, 15) is 10.5 Å². The molecule has 0 aliphatic carbocycles. The van der Waals surface area contributed by atoms with Crippen molar-refractivity contribution in [2.24, 2.45) is 0 Å². The van der Waals surface area contributed by atoms with Crippen molar-refractivity contribution < 1.29 is 0 Å². The minimum absolute atomic E-state index is 0.0836. The largest absolute Gasteiger partial charge is 0.311 e. The van der Waals surface area contributed by atoms with Gasteiger partial charge in [-0.05, 0) is 188 Å². The highest BCUT2D eigenvalue weighted by Crippen LogP contribution is 2.52. The zero-order valence-corrected chi connectivity index (χ0v) is 60.9. The summed E-state index contributed by atoms with van der Waals surface area (Å²) >= 11 is 0. The number of hydrogen-bond acceptors (Lipinski definition) is 4. The van der Waals surface area contributed by atoms with Crippen molar-refractivity contribution in [3.63, 3.8) is 0 Å². The Hall–Kier alpha value is -13.7. The molecule has 7 nitrogen and oxygen atoms in total. The average Bonchev–Trinajstić information content (AvgIpc) is 0.916. The molecule has 3 aromatic heterocycles. The van der Waals surface area contributed by atoms with Gasteiger partial charge in [-0.25, -0.2) is 0 Å². The number of aromatic nitrogens is 3. The van der Waals surface area contributed by atoms with Gasteiger partial charge < -0.3 is 23.5 Å². The number of para-hydroxylation sites is 6. The van der Waals surface area contributed by atoms with E-state index >= 15 is 0 Å². The van der Waals surface area contributed by atoms with E-state index < -0.39 is 0 Å². The third-order valence-electron chi connectivity index (χ3n) is 22.8. The second-order valence-electron chi connectivity index (χ2n) is 31.0. The molecular weight excluding hydrogens is 1310 g/mol. The summed E-state index contributed by atoms with van der Waals surface area (Å²) in [7, 11) is 0. The van der Waals surface area contributed by atoms with Crippen LogP contribution >= 0.6 is 0 Å². The van der Waals surface area contributed by atoms with Gasteiger partial charge in [0.25, 0.3) is 6.71 Å². The van der Waals surface area contributed by atoms with E-state index in [0.29, 0.717) is 11.1 Å². The van der Waals surface area contributed by atoms with E-state index in [2.05, 4.69) is 393 Å². The second kappa shape index (κ2) is 24.5. The number of benzene rings is 15. The maximum atomic E-state index is 11.8. The minimum atomic E-state index is -0.346. The fraction of sp³-hybridized carbons (Fsp3) is 0.0800. The fourth-order valence-corrected chi connectivity index (χ4v) is 17.7. The molecule has 15 aromatic carbocycles. The van der Waals surface area contributed by atoms with Crippen LogP contribution in [-0.4, -0.2) is 20.4 Å². The molecule has 0 saturated carbocycles. The highest BCUT2D eigenvalue weighted by Gasteiger charge is 2.45. The first-order valence-corrected chi connectivity index (χ1v) is 37.3. The zero-order valence-electron chi connectivity index (χ0n) is 60.9. The third kappa shape index (κ3) is 9.95. The number of anilines is 6. The predicted molar refractivity (Wildman–Crippen MR) is 452 cm³/mol. The van der Waals surface area contributed by atoms with Crippen LogP contribution in [-0.2, 0) is 10.8 Å². The summed E-state index contributed by atoms with van der Waals surface area (Å²) < 4.78 is 7.22. The Morgan fingerprint density at radius 1 is 0.269 bits per heavy atom. The van der Waals surface area contributed by atoms with Crippen molar-refractivity contribution in [2.45, 2.75) is 52.4 Å². The van der Waals surface area contributed by atoms with Crippen LogP contribution in [0.15, 0.2) is 328 Å². The Morgan fingerprint density at radius 2 is 0.694 bits per heavy atom. The normalized spacial score (nSPS) is 12.6. The van der Waals surface area contributed by atoms with Crippen LogP contribution in [0.3, 0.4) is 0 Å². The van der Waals surface area contributed by atoms with E-state index in [1.807, 2.05) is 12.1 Å². The van der Waals surface area contributed by atoms with Crippen LogP contribution in [0.25, 0.3) is 127 Å². The van der Waals surface area contributed by atoms with Crippen molar-refractivity contribution in [1.82, 2.24) is 13.7 Å². The lowest BCUT2D eigenvalue weighted by Crippen LogP contribution is -2.61. The van der Waals surface area contributed by atoms with Crippen LogP contribution < -0.4 is 26.2 Å². The summed E-state index contributed by atoms with van der Waals surface area (Å²) in [5.74, 6) is 0. The van der Waals surface area contributed by atoms with Crippen LogP contribution in [0, 0.1) is 22.7 Å². The van der Waals surface area contributed by atoms with Gasteiger partial charge in [0, 0.05) is 88.7 Å². The Kier molecular flexibility index (Phi) is 14.5. The molecule has 0 bridgehead atoms. The molecule has 0 spiro atoms. The van der Waals surface area contributed by atoms with Crippen molar-refractivity contribution >= 4 is 123 Å². The summed E-state index contributed by atoms with van der Waals surface area (Å²) in [6.45, 7) is 13.5. The van der Waals surface area contributed by atoms with Crippen molar-refractivity contribution in [3.8, 4) is 73.7 Å². The first-order chi connectivity index (χ1) is 52.8. The number of nitrogens with zero attached hydrogens (tertiary/aromatic N) is 7. The molecule has 8 heteroatoms. The number of nitriles is 2. The summed E-state index contributed by atoms with van der Waals surface area (Å²) in [5, 5.41) is 29.8. The molecule has 0 unspecified atom stereocenters. The van der Waals surface area contributed by atoms with E-state index in [1.54, 1.807) is 0 Å². The number of fused-ring (bicyclic) bond motifs is 13. The first-order valence-electron chi connectivity index (χ1n) is 37.3. The van der Waals surface area contributed by atoms with Crippen LogP contribution in [0.4, 0.5) is 34.1 Å². The van der Waals surface area contributed by atoms with Gasteiger partial charge in [0.2, 0.25) is 0 Å². The quantitative estimate of drug-likeness (QED) is 0.135. The smallest absolute Gasteiger partial charge is 0.252 e. The molecule has 510 valence electrons. The monoisotopic (exact) mass is 1380 g/mol. The van der Waals surface area contributed by atoms with Gasteiger partial charge in [0.1, 0.15) is 0 Å². The summed E-state index contributed by atoms with van der Waals surface area (Å²) in [6, 6.07) is 125. The van der Waals surface area contributed by atoms with Gasteiger partial charge in [0.05, 0.1) is 73.4 Å². The van der Waals surface area contributed by atoms with Gasteiger partial charge in [-0.3, -0.25) is 0 Å². The molecule has 0 radical (unpaired) electrons. The van der Waals surface area contributed by atoms with E-state index in [1.165, 1.54) is 21.9 Å². The molecular formula is C100H72BN7.